The summed E-state index contributed by atoms with van der Waals surface area (Å²) < 4.78 is 10.0. The van der Waals surface area contributed by atoms with E-state index in [1.165, 1.54) is 31.1 Å². The maximum Gasteiger partial charge on any atom is 0.294 e. The van der Waals surface area contributed by atoms with Crippen LogP contribution in [0.4, 0.5) is 5.69 Å². The Hall–Kier alpha value is -3.79. The predicted octanol–water partition coefficient (Wildman–Crippen LogP) is 3.90. The summed E-state index contributed by atoms with van der Waals surface area (Å²) in [6.45, 7) is 2.44. The van der Waals surface area contributed by atoms with Crippen LogP contribution in [0, 0.1) is 0 Å². The van der Waals surface area contributed by atoms with Gasteiger partial charge in [0.25, 0.3) is 5.91 Å². The zero-order valence-corrected chi connectivity index (χ0v) is 19.5. The van der Waals surface area contributed by atoms with Gasteiger partial charge in [-0.15, -0.1) is 11.8 Å². The quantitative estimate of drug-likeness (QED) is 0.466. The van der Waals surface area contributed by atoms with Crippen molar-refractivity contribution in [3.63, 3.8) is 0 Å². The van der Waals surface area contributed by atoms with Crippen molar-refractivity contribution in [2.45, 2.75) is 30.5 Å². The molecule has 1 aliphatic rings. The average molecular weight is 481 g/mol. The molecule has 3 aromatic rings. The molecule has 9 nitrogen and oxygen atoms in total. The summed E-state index contributed by atoms with van der Waals surface area (Å²) in [4.78, 5) is 24.0. The number of methoxy groups -OCH3 is 1. The number of amides is 1. The van der Waals surface area contributed by atoms with E-state index in [0.29, 0.717) is 18.0 Å². The van der Waals surface area contributed by atoms with E-state index in [1.54, 1.807) is 29.3 Å². The molecule has 34 heavy (non-hydrogen) atoms. The van der Waals surface area contributed by atoms with Gasteiger partial charge in [-0.1, -0.05) is 24.2 Å². The maximum atomic E-state index is 12.1. The molecule has 0 radical (unpaired) electrons. The summed E-state index contributed by atoms with van der Waals surface area (Å²) in [5.41, 5.74) is 3.09. The summed E-state index contributed by atoms with van der Waals surface area (Å²) >= 11 is 1.53. The molecule has 1 amide bonds. The number of phenolic OH excluding ortho intramolecular Hbond substituents is 1. The number of carbonyl (C=O) groups excluding carboxylic acids is 2. The molecule has 2 aromatic carbocycles. The van der Waals surface area contributed by atoms with Gasteiger partial charge in [-0.05, 0) is 42.3 Å². The van der Waals surface area contributed by atoms with Crippen molar-refractivity contribution < 1.29 is 24.0 Å². The van der Waals surface area contributed by atoms with Crippen LogP contribution in [-0.4, -0.2) is 50.9 Å². The minimum Gasteiger partial charge on any atom is -0.504 e. The second kappa shape index (κ2) is 10.4. The van der Waals surface area contributed by atoms with Crippen LogP contribution < -0.4 is 10.1 Å². The molecule has 0 saturated carbocycles. The van der Waals surface area contributed by atoms with Crippen molar-refractivity contribution in [3.8, 4) is 11.5 Å². The van der Waals surface area contributed by atoms with E-state index in [2.05, 4.69) is 10.5 Å². The van der Waals surface area contributed by atoms with Gasteiger partial charge >= 0.3 is 0 Å². The van der Waals surface area contributed by atoms with Gasteiger partial charge in [0.2, 0.25) is 5.76 Å². The fourth-order valence-corrected chi connectivity index (χ4v) is 4.75. The van der Waals surface area contributed by atoms with E-state index in [9.17, 15) is 14.7 Å². The molecular formula is C24H24N4O5S. The molecule has 1 aliphatic heterocycles. The third-order valence-electron chi connectivity index (χ3n) is 5.32. The number of aromatic nitrogens is 1. The number of hydrogen-bond acceptors (Lipinski definition) is 9. The highest BCUT2D eigenvalue weighted by Crippen LogP contribution is 2.35. The monoisotopic (exact) mass is 480 g/mol. The van der Waals surface area contributed by atoms with Gasteiger partial charge in [0.1, 0.15) is 5.37 Å². The molecule has 2 heterocycles. The van der Waals surface area contributed by atoms with Crippen LogP contribution in [0.25, 0.3) is 0 Å². The maximum absolute atomic E-state index is 12.1. The summed E-state index contributed by atoms with van der Waals surface area (Å²) in [5.74, 6) is 0.162. The number of aldehydes is 1. The van der Waals surface area contributed by atoms with E-state index >= 15 is 0 Å². The fourth-order valence-electron chi connectivity index (χ4n) is 3.58. The molecule has 2 N–H and O–H groups in total. The zero-order valence-electron chi connectivity index (χ0n) is 18.7. The lowest BCUT2D eigenvalue weighted by Gasteiger charge is -2.34. The Morgan fingerprint density at radius 3 is 2.68 bits per heavy atom. The van der Waals surface area contributed by atoms with Crippen LogP contribution in [0.1, 0.15) is 35.0 Å². The molecule has 2 atom stereocenters. The number of phenols is 1. The number of hydrazone groups is 1. The highest BCUT2D eigenvalue weighted by Gasteiger charge is 2.31. The number of ether oxygens (including phenoxy) is 1. The van der Waals surface area contributed by atoms with Gasteiger partial charge in [-0.3, -0.25) is 9.80 Å². The average Bonchev–Trinajstić information content (AvgIpc) is 3.40. The fraction of sp³-hybridized carbons (Fsp3) is 0.250. The molecule has 0 saturated heterocycles. The number of anilines is 1. The number of rotatable bonds is 8. The van der Waals surface area contributed by atoms with Crippen LogP contribution in [0.2, 0.25) is 0 Å². The Labute approximate surface area is 200 Å². The molecule has 0 aliphatic carbocycles. The lowest BCUT2D eigenvalue weighted by Crippen LogP contribution is -2.39. The standard InChI is InChI=1S/C24H24N4O5S/c1-3-21-23(16-6-9-19(32-2)18(30)12-16)27-28(22(14-29)34-21)13-15-4-7-17(8-5-15)26-24(31)20-10-11-25-33-20/h4-12,14,21-22,30H,3,13H2,1-2H3,(H,26,31)/t21-,22?/m1/s1. The number of aromatic hydroxyl groups is 1. The summed E-state index contributed by atoms with van der Waals surface area (Å²) in [5, 5.41) is 22.6. The minimum atomic E-state index is -0.439. The summed E-state index contributed by atoms with van der Waals surface area (Å²) in [7, 11) is 1.50. The first kappa shape index (κ1) is 23.4. The lowest BCUT2D eigenvalue weighted by molar-refractivity contribution is -0.110. The largest absolute Gasteiger partial charge is 0.504 e. The van der Waals surface area contributed by atoms with Crippen LogP contribution in [0.15, 0.2) is 64.4 Å². The van der Waals surface area contributed by atoms with Crippen molar-refractivity contribution in [2.75, 3.05) is 12.4 Å². The topological polar surface area (TPSA) is 117 Å². The first-order chi connectivity index (χ1) is 16.5. The Morgan fingerprint density at radius 2 is 2.06 bits per heavy atom. The predicted molar refractivity (Wildman–Crippen MR) is 129 cm³/mol. The van der Waals surface area contributed by atoms with Crippen molar-refractivity contribution in [1.82, 2.24) is 10.2 Å². The molecule has 1 unspecified atom stereocenters. The highest BCUT2D eigenvalue weighted by atomic mass is 32.2. The molecule has 0 bridgehead atoms. The van der Waals surface area contributed by atoms with E-state index in [0.717, 1.165) is 29.5 Å². The Bertz CT molecular complexity index is 1180. The second-order valence-electron chi connectivity index (χ2n) is 7.56. The van der Waals surface area contributed by atoms with Crippen molar-refractivity contribution in [1.29, 1.82) is 0 Å². The van der Waals surface area contributed by atoms with Crippen LogP contribution in [0.3, 0.4) is 0 Å². The zero-order chi connectivity index (χ0) is 24.1. The van der Waals surface area contributed by atoms with E-state index in [4.69, 9.17) is 14.4 Å². The molecule has 4 rings (SSSR count). The number of carbonyl (C=O) groups is 2. The van der Waals surface area contributed by atoms with Gasteiger partial charge in [0.05, 0.1) is 30.8 Å². The van der Waals surface area contributed by atoms with E-state index in [1.807, 2.05) is 25.1 Å². The molecule has 1 aromatic heterocycles. The number of hydrogen-bond donors (Lipinski definition) is 2. The molecule has 10 heteroatoms. The second-order valence-corrected chi connectivity index (χ2v) is 8.88. The first-order valence-corrected chi connectivity index (χ1v) is 11.6. The Balaban J connectivity index is 1.54. The van der Waals surface area contributed by atoms with Crippen LogP contribution in [-0.2, 0) is 11.3 Å². The smallest absolute Gasteiger partial charge is 0.294 e. The van der Waals surface area contributed by atoms with Gasteiger partial charge in [0, 0.05) is 17.3 Å². The lowest BCUT2D eigenvalue weighted by atomic mass is 10.0. The van der Waals surface area contributed by atoms with E-state index in [-0.39, 0.29) is 22.7 Å². The molecule has 0 fully saturated rings. The normalized spacial score (nSPS) is 17.7. The molecular weight excluding hydrogens is 456 g/mol. The van der Waals surface area contributed by atoms with Crippen LogP contribution >= 0.6 is 11.8 Å². The third-order valence-corrected chi connectivity index (χ3v) is 6.84. The van der Waals surface area contributed by atoms with Gasteiger partial charge < -0.3 is 24.5 Å². The third kappa shape index (κ3) is 5.07. The number of nitrogens with zero attached hydrogens (tertiary/aromatic N) is 3. The van der Waals surface area contributed by atoms with Crippen LogP contribution in [0.5, 0.6) is 11.5 Å². The number of benzene rings is 2. The van der Waals surface area contributed by atoms with E-state index < -0.39 is 5.37 Å². The first-order valence-electron chi connectivity index (χ1n) is 10.7. The Kier molecular flexibility index (Phi) is 7.17. The molecule has 176 valence electrons. The number of thioether (sulfide) groups is 1. The van der Waals surface area contributed by atoms with Crippen molar-refractivity contribution in [3.05, 3.63) is 71.6 Å². The summed E-state index contributed by atoms with van der Waals surface area (Å²) in [6, 6.07) is 13.9. The molecule has 0 spiro atoms. The van der Waals surface area contributed by atoms with Gasteiger partial charge in [0.15, 0.2) is 17.8 Å². The minimum absolute atomic E-state index is 0.00734. The van der Waals surface area contributed by atoms with Gasteiger partial charge in [-0.2, -0.15) is 5.10 Å². The van der Waals surface area contributed by atoms with Crippen molar-refractivity contribution >= 4 is 35.4 Å². The SMILES string of the molecule is CC[C@H]1SC(C=O)N(Cc2ccc(NC(=O)c3ccno3)cc2)N=C1c1ccc(OC)c(O)c1. The van der Waals surface area contributed by atoms with Gasteiger partial charge in [-0.25, -0.2) is 0 Å². The Morgan fingerprint density at radius 1 is 1.26 bits per heavy atom. The number of nitrogens with one attached hydrogen (secondary N) is 1. The summed E-state index contributed by atoms with van der Waals surface area (Å²) in [6.07, 6.45) is 3.09. The highest BCUT2D eigenvalue weighted by molar-refractivity contribution is 8.01. The van der Waals surface area contributed by atoms with Crippen molar-refractivity contribution in [2.24, 2.45) is 5.10 Å².